The van der Waals surface area contributed by atoms with Gasteiger partial charge < -0.3 is 25.6 Å². The number of nitrogens with one attached hydrogen (secondary N) is 2. The molecule has 1 heterocycles. The standard InChI is InChI=1S/C30H28ClN5O4/c1-19-27(28(36-40-19)23-9-11-25(39-2)12-10-23)29(38)35-30(32)34-18-22-14-21(15-24(31)16-22)17-33-26(37)13-8-20-6-4-3-5-7-20/h3-16H,17-18H2,1-2H3,(H,33,37)(H3,32,34,35,38). The third-order valence-electron chi connectivity index (χ3n) is 5.85. The summed E-state index contributed by atoms with van der Waals surface area (Å²) < 4.78 is 10.4. The molecule has 0 unspecified atom stereocenters. The van der Waals surface area contributed by atoms with E-state index in [4.69, 9.17) is 26.6 Å². The van der Waals surface area contributed by atoms with Crippen LogP contribution >= 0.6 is 11.6 Å². The number of rotatable bonds is 9. The maximum Gasteiger partial charge on any atom is 0.286 e. The zero-order valence-corrected chi connectivity index (χ0v) is 22.7. The van der Waals surface area contributed by atoms with Crippen LogP contribution in [-0.2, 0) is 17.9 Å². The zero-order chi connectivity index (χ0) is 28.5. The number of methoxy groups -OCH3 is 1. The van der Waals surface area contributed by atoms with Crippen molar-refractivity contribution in [3.8, 4) is 17.0 Å². The Labute approximate surface area is 236 Å². The van der Waals surface area contributed by atoms with Gasteiger partial charge in [0, 0.05) is 29.8 Å². The summed E-state index contributed by atoms with van der Waals surface area (Å²) in [7, 11) is 1.57. The van der Waals surface area contributed by atoms with Crippen LogP contribution in [0, 0.1) is 6.92 Å². The molecule has 10 heteroatoms. The minimum Gasteiger partial charge on any atom is -0.497 e. The van der Waals surface area contributed by atoms with Gasteiger partial charge in [-0.15, -0.1) is 0 Å². The molecule has 2 amide bonds. The monoisotopic (exact) mass is 557 g/mol. The molecule has 0 saturated carbocycles. The highest BCUT2D eigenvalue weighted by molar-refractivity contribution is 6.30. The van der Waals surface area contributed by atoms with Crippen LogP contribution in [0.2, 0.25) is 5.02 Å². The second-order valence-corrected chi connectivity index (χ2v) is 9.21. The predicted molar refractivity (Wildman–Crippen MR) is 155 cm³/mol. The van der Waals surface area contributed by atoms with E-state index in [0.717, 1.165) is 16.7 Å². The Morgan fingerprint density at radius 2 is 1.70 bits per heavy atom. The summed E-state index contributed by atoms with van der Waals surface area (Å²) in [5.41, 5.74) is 9.81. The number of benzene rings is 3. The van der Waals surface area contributed by atoms with E-state index in [9.17, 15) is 9.59 Å². The minimum atomic E-state index is -0.590. The van der Waals surface area contributed by atoms with Crippen molar-refractivity contribution in [3.05, 3.63) is 112 Å². The molecular formula is C30H28ClN5O4. The first-order chi connectivity index (χ1) is 19.3. The first kappa shape index (κ1) is 28.1. The molecule has 0 atom stereocenters. The highest BCUT2D eigenvalue weighted by atomic mass is 35.5. The highest BCUT2D eigenvalue weighted by Crippen LogP contribution is 2.27. The summed E-state index contributed by atoms with van der Waals surface area (Å²) in [6.45, 7) is 2.18. The van der Waals surface area contributed by atoms with Crippen molar-refractivity contribution < 1.29 is 18.8 Å². The third-order valence-corrected chi connectivity index (χ3v) is 6.06. The fraction of sp³-hybridized carbons (Fsp3) is 0.133. The van der Waals surface area contributed by atoms with Gasteiger partial charge in [0.25, 0.3) is 5.91 Å². The first-order valence-corrected chi connectivity index (χ1v) is 12.7. The number of nitrogens with two attached hydrogens (primary N) is 1. The Balaban J connectivity index is 1.37. The Hall–Kier alpha value is -4.89. The summed E-state index contributed by atoms with van der Waals surface area (Å²) in [6, 6.07) is 22.0. The van der Waals surface area contributed by atoms with Crippen molar-refractivity contribution >= 4 is 35.5 Å². The molecule has 0 bridgehead atoms. The number of carbonyl (C=O) groups is 2. The number of aryl methyl sites for hydroxylation is 1. The molecular weight excluding hydrogens is 530 g/mol. The molecule has 1 aromatic heterocycles. The second-order valence-electron chi connectivity index (χ2n) is 8.78. The van der Waals surface area contributed by atoms with Gasteiger partial charge in [-0.2, -0.15) is 4.99 Å². The van der Waals surface area contributed by atoms with Crippen molar-refractivity contribution in [2.75, 3.05) is 7.11 Å². The van der Waals surface area contributed by atoms with E-state index >= 15 is 0 Å². The average molecular weight is 558 g/mol. The van der Waals surface area contributed by atoms with E-state index in [1.54, 1.807) is 56.5 Å². The van der Waals surface area contributed by atoms with Crippen LogP contribution in [0.15, 0.2) is 88.4 Å². The molecule has 0 aliphatic carbocycles. The molecule has 40 heavy (non-hydrogen) atoms. The lowest BCUT2D eigenvalue weighted by Gasteiger charge is -2.09. The summed E-state index contributed by atoms with van der Waals surface area (Å²) >= 11 is 6.29. The summed E-state index contributed by atoms with van der Waals surface area (Å²) in [6.07, 6.45) is 3.22. The first-order valence-electron chi connectivity index (χ1n) is 12.3. The maximum absolute atomic E-state index is 13.0. The van der Waals surface area contributed by atoms with Crippen molar-refractivity contribution in [2.24, 2.45) is 10.7 Å². The van der Waals surface area contributed by atoms with Crippen molar-refractivity contribution in [3.63, 3.8) is 0 Å². The van der Waals surface area contributed by atoms with E-state index in [0.29, 0.717) is 27.8 Å². The molecule has 0 spiro atoms. The largest absolute Gasteiger partial charge is 0.497 e. The fourth-order valence-electron chi connectivity index (χ4n) is 3.87. The van der Waals surface area contributed by atoms with Gasteiger partial charge in [0.2, 0.25) is 5.91 Å². The van der Waals surface area contributed by atoms with Gasteiger partial charge in [-0.1, -0.05) is 53.2 Å². The third kappa shape index (κ3) is 7.58. The van der Waals surface area contributed by atoms with Crippen LogP contribution in [-0.4, -0.2) is 30.0 Å². The summed E-state index contributed by atoms with van der Waals surface area (Å²) in [5.74, 6) is 0.110. The topological polar surface area (TPSA) is 132 Å². The Kier molecular flexibility index (Phi) is 9.32. The number of amides is 2. The molecule has 4 rings (SSSR count). The molecule has 4 N–H and O–H groups in total. The van der Waals surface area contributed by atoms with E-state index in [1.807, 2.05) is 36.4 Å². The zero-order valence-electron chi connectivity index (χ0n) is 22.0. The quantitative estimate of drug-likeness (QED) is 0.152. The number of ether oxygens (including phenoxy) is 1. The van der Waals surface area contributed by atoms with Gasteiger partial charge >= 0.3 is 0 Å². The van der Waals surface area contributed by atoms with Gasteiger partial charge in [0.05, 0.1) is 7.11 Å². The Bertz CT molecular complexity index is 1550. The number of aliphatic imine (C=N–C) groups is 1. The number of hydrogen-bond acceptors (Lipinski definition) is 5. The lowest BCUT2D eigenvalue weighted by atomic mass is 10.1. The molecule has 0 aliphatic heterocycles. The summed E-state index contributed by atoms with van der Waals surface area (Å²) in [5, 5.41) is 10.3. The lowest BCUT2D eigenvalue weighted by molar-refractivity contribution is -0.116. The molecule has 204 valence electrons. The number of nitrogens with zero attached hydrogens (tertiary/aromatic N) is 2. The van der Waals surface area contributed by atoms with Gasteiger partial charge in [-0.3, -0.25) is 9.59 Å². The van der Waals surface area contributed by atoms with Crippen LogP contribution in [0.5, 0.6) is 5.75 Å². The van der Waals surface area contributed by atoms with Crippen molar-refractivity contribution in [2.45, 2.75) is 20.0 Å². The van der Waals surface area contributed by atoms with E-state index in [-0.39, 0.29) is 30.5 Å². The summed E-state index contributed by atoms with van der Waals surface area (Å²) in [4.78, 5) is 29.2. The lowest BCUT2D eigenvalue weighted by Crippen LogP contribution is -2.32. The van der Waals surface area contributed by atoms with Crippen LogP contribution in [0.4, 0.5) is 0 Å². The van der Waals surface area contributed by atoms with Crippen molar-refractivity contribution in [1.82, 2.24) is 15.8 Å². The number of halogens is 1. The van der Waals surface area contributed by atoms with Crippen LogP contribution in [0.3, 0.4) is 0 Å². The number of guanidine groups is 1. The van der Waals surface area contributed by atoms with Crippen LogP contribution in [0.1, 0.15) is 32.8 Å². The number of aromatic nitrogens is 1. The van der Waals surface area contributed by atoms with E-state index < -0.39 is 5.91 Å². The van der Waals surface area contributed by atoms with Gasteiger partial charge in [0.1, 0.15) is 22.8 Å². The predicted octanol–water partition coefficient (Wildman–Crippen LogP) is 4.89. The molecule has 9 nitrogen and oxygen atoms in total. The Morgan fingerprint density at radius 1 is 1.02 bits per heavy atom. The van der Waals surface area contributed by atoms with E-state index in [1.165, 1.54) is 6.08 Å². The van der Waals surface area contributed by atoms with Gasteiger partial charge in [-0.25, -0.2) is 0 Å². The normalized spacial score (nSPS) is 11.4. The smallest absolute Gasteiger partial charge is 0.286 e. The highest BCUT2D eigenvalue weighted by Gasteiger charge is 2.21. The van der Waals surface area contributed by atoms with Gasteiger partial charge in [-0.05, 0) is 66.1 Å². The molecule has 0 aliphatic rings. The van der Waals surface area contributed by atoms with E-state index in [2.05, 4.69) is 20.8 Å². The second kappa shape index (κ2) is 13.3. The van der Waals surface area contributed by atoms with Gasteiger partial charge in [0.15, 0.2) is 5.96 Å². The molecule has 0 fully saturated rings. The fourth-order valence-corrected chi connectivity index (χ4v) is 4.15. The number of hydrogen-bond donors (Lipinski definition) is 3. The SMILES string of the molecule is COc1ccc(-c2noc(C)c2C(=O)N=C(N)NCc2cc(Cl)cc(CNC(=O)C=Cc3ccccc3)c2)cc1. The molecule has 0 saturated heterocycles. The minimum absolute atomic E-state index is 0.0767. The molecule has 3 aromatic carbocycles. The maximum atomic E-state index is 13.0. The van der Waals surface area contributed by atoms with Crippen LogP contribution in [0.25, 0.3) is 17.3 Å². The number of carbonyl (C=O) groups excluding carboxylic acids is 2. The van der Waals surface area contributed by atoms with Crippen molar-refractivity contribution in [1.29, 1.82) is 0 Å². The molecule has 0 radical (unpaired) electrons. The Morgan fingerprint density at radius 3 is 2.38 bits per heavy atom. The average Bonchev–Trinajstić information content (AvgIpc) is 3.35. The molecule has 4 aromatic rings. The van der Waals surface area contributed by atoms with Crippen LogP contribution < -0.4 is 21.1 Å².